The molecule has 0 aliphatic rings. The van der Waals surface area contributed by atoms with Crippen LogP contribution in [0.1, 0.15) is 43.8 Å². The SMILES string of the molecule is CC(C)(C)n1nnnc1[C@H](Nc1ccc(F)cc1)c1ccc(C#N)cc1. The van der Waals surface area contributed by atoms with Gasteiger partial charge in [0.15, 0.2) is 5.82 Å². The zero-order valence-corrected chi connectivity index (χ0v) is 14.8. The molecule has 0 spiro atoms. The number of nitrogens with zero attached hydrogens (tertiary/aromatic N) is 5. The van der Waals surface area contributed by atoms with Crippen LogP contribution in [-0.4, -0.2) is 20.2 Å². The summed E-state index contributed by atoms with van der Waals surface area (Å²) in [5.41, 5.74) is 1.90. The lowest BCUT2D eigenvalue weighted by atomic mass is 10.0. The third kappa shape index (κ3) is 3.70. The molecule has 6 nitrogen and oxygen atoms in total. The molecule has 3 rings (SSSR count). The number of rotatable bonds is 4. The van der Waals surface area contributed by atoms with E-state index in [9.17, 15) is 4.39 Å². The Balaban J connectivity index is 2.05. The van der Waals surface area contributed by atoms with Crippen molar-refractivity contribution < 1.29 is 4.39 Å². The second-order valence-corrected chi connectivity index (χ2v) is 6.94. The first-order valence-electron chi connectivity index (χ1n) is 8.19. The van der Waals surface area contributed by atoms with Gasteiger partial charge < -0.3 is 5.32 Å². The Labute approximate surface area is 151 Å². The van der Waals surface area contributed by atoms with Crippen molar-refractivity contribution in [3.05, 3.63) is 71.3 Å². The van der Waals surface area contributed by atoms with Crippen LogP contribution in [0.5, 0.6) is 0 Å². The van der Waals surface area contributed by atoms with Gasteiger partial charge in [0.2, 0.25) is 0 Å². The van der Waals surface area contributed by atoms with E-state index in [0.29, 0.717) is 11.4 Å². The molecule has 0 aliphatic carbocycles. The van der Waals surface area contributed by atoms with Gasteiger partial charge in [0.25, 0.3) is 0 Å². The van der Waals surface area contributed by atoms with E-state index in [-0.39, 0.29) is 17.4 Å². The van der Waals surface area contributed by atoms with E-state index in [2.05, 4.69) is 26.9 Å². The fraction of sp³-hybridized carbons (Fsp3) is 0.263. The summed E-state index contributed by atoms with van der Waals surface area (Å²) in [4.78, 5) is 0. The summed E-state index contributed by atoms with van der Waals surface area (Å²) >= 11 is 0. The Morgan fingerprint density at radius 2 is 1.73 bits per heavy atom. The van der Waals surface area contributed by atoms with Gasteiger partial charge in [-0.2, -0.15) is 5.26 Å². The first-order chi connectivity index (χ1) is 12.4. The summed E-state index contributed by atoms with van der Waals surface area (Å²) in [6.07, 6.45) is 0. The van der Waals surface area contributed by atoms with Gasteiger partial charge in [-0.15, -0.1) is 5.10 Å². The Bertz CT molecular complexity index is 916. The second kappa shape index (κ2) is 6.92. The Morgan fingerprint density at radius 1 is 1.08 bits per heavy atom. The monoisotopic (exact) mass is 350 g/mol. The van der Waals surface area contributed by atoms with Crippen molar-refractivity contribution in [2.45, 2.75) is 32.4 Å². The molecule has 0 saturated carbocycles. The molecule has 1 atom stereocenters. The van der Waals surface area contributed by atoms with Crippen molar-refractivity contribution in [1.29, 1.82) is 5.26 Å². The maximum atomic E-state index is 13.2. The second-order valence-electron chi connectivity index (χ2n) is 6.94. The van der Waals surface area contributed by atoms with Crippen molar-refractivity contribution in [2.24, 2.45) is 0 Å². The topological polar surface area (TPSA) is 79.4 Å². The van der Waals surface area contributed by atoms with Gasteiger partial charge in [-0.25, -0.2) is 9.07 Å². The lowest BCUT2D eigenvalue weighted by molar-refractivity contribution is 0.333. The average molecular weight is 350 g/mol. The summed E-state index contributed by atoms with van der Waals surface area (Å²) in [5.74, 6) is 0.330. The van der Waals surface area contributed by atoms with E-state index in [4.69, 9.17) is 5.26 Å². The van der Waals surface area contributed by atoms with Crippen LogP contribution in [0.15, 0.2) is 48.5 Å². The van der Waals surface area contributed by atoms with Gasteiger partial charge in [-0.1, -0.05) is 12.1 Å². The van der Waals surface area contributed by atoms with Crippen LogP contribution >= 0.6 is 0 Å². The molecule has 7 heteroatoms. The van der Waals surface area contributed by atoms with Crippen molar-refractivity contribution in [1.82, 2.24) is 20.2 Å². The third-order valence-electron chi connectivity index (χ3n) is 3.92. The van der Waals surface area contributed by atoms with Crippen molar-refractivity contribution in [2.75, 3.05) is 5.32 Å². The van der Waals surface area contributed by atoms with Crippen LogP contribution < -0.4 is 5.32 Å². The normalized spacial score (nSPS) is 12.4. The number of aromatic nitrogens is 4. The summed E-state index contributed by atoms with van der Waals surface area (Å²) in [7, 11) is 0. The van der Waals surface area contributed by atoms with Gasteiger partial charge in [-0.05, 0) is 73.2 Å². The van der Waals surface area contributed by atoms with Gasteiger partial charge in [0.05, 0.1) is 17.2 Å². The molecule has 0 unspecified atom stereocenters. The summed E-state index contributed by atoms with van der Waals surface area (Å²) in [5, 5.41) is 24.6. The maximum Gasteiger partial charge on any atom is 0.178 e. The molecule has 0 saturated heterocycles. The molecular formula is C19H19FN6. The zero-order chi connectivity index (χ0) is 18.7. The number of tetrazole rings is 1. The van der Waals surface area contributed by atoms with Crippen molar-refractivity contribution in [3.8, 4) is 6.07 Å². The molecule has 0 aliphatic heterocycles. The van der Waals surface area contributed by atoms with E-state index >= 15 is 0 Å². The molecule has 26 heavy (non-hydrogen) atoms. The number of nitrogens with one attached hydrogen (secondary N) is 1. The molecule has 1 aromatic heterocycles. The Morgan fingerprint density at radius 3 is 2.31 bits per heavy atom. The van der Waals surface area contributed by atoms with Crippen LogP contribution in [0.4, 0.5) is 10.1 Å². The number of nitriles is 1. The molecule has 1 heterocycles. The molecule has 2 aromatic carbocycles. The average Bonchev–Trinajstić information content (AvgIpc) is 3.11. The van der Waals surface area contributed by atoms with E-state index in [1.807, 2.05) is 32.9 Å². The highest BCUT2D eigenvalue weighted by atomic mass is 19.1. The fourth-order valence-electron chi connectivity index (χ4n) is 2.61. The van der Waals surface area contributed by atoms with E-state index < -0.39 is 0 Å². The Hall–Kier alpha value is -3.27. The predicted molar refractivity (Wildman–Crippen MR) is 95.8 cm³/mol. The molecular weight excluding hydrogens is 331 g/mol. The summed E-state index contributed by atoms with van der Waals surface area (Å²) in [6.45, 7) is 6.04. The van der Waals surface area contributed by atoms with E-state index in [1.54, 1.807) is 28.9 Å². The molecule has 0 radical (unpaired) electrons. The molecule has 0 amide bonds. The minimum absolute atomic E-state index is 0.301. The number of hydrogen-bond acceptors (Lipinski definition) is 5. The number of anilines is 1. The van der Waals surface area contributed by atoms with E-state index in [0.717, 1.165) is 11.3 Å². The van der Waals surface area contributed by atoms with Crippen LogP contribution in [0.3, 0.4) is 0 Å². The highest BCUT2D eigenvalue weighted by molar-refractivity contribution is 5.48. The van der Waals surface area contributed by atoms with Crippen LogP contribution in [0, 0.1) is 17.1 Å². The Kier molecular flexibility index (Phi) is 4.67. The molecule has 0 bridgehead atoms. The number of benzene rings is 2. The fourth-order valence-corrected chi connectivity index (χ4v) is 2.61. The summed E-state index contributed by atoms with van der Waals surface area (Å²) in [6, 6.07) is 15.1. The maximum absolute atomic E-state index is 13.2. The molecule has 132 valence electrons. The van der Waals surface area contributed by atoms with Gasteiger partial charge >= 0.3 is 0 Å². The number of hydrogen-bond donors (Lipinski definition) is 1. The lowest BCUT2D eigenvalue weighted by Crippen LogP contribution is -2.29. The van der Waals surface area contributed by atoms with Crippen molar-refractivity contribution >= 4 is 5.69 Å². The minimum Gasteiger partial charge on any atom is -0.371 e. The van der Waals surface area contributed by atoms with Crippen LogP contribution in [0.25, 0.3) is 0 Å². The number of halogens is 1. The third-order valence-corrected chi connectivity index (χ3v) is 3.92. The molecule has 0 fully saturated rings. The van der Waals surface area contributed by atoms with Crippen molar-refractivity contribution in [3.63, 3.8) is 0 Å². The quantitative estimate of drug-likeness (QED) is 0.777. The van der Waals surface area contributed by atoms with Gasteiger partial charge in [0, 0.05) is 5.69 Å². The van der Waals surface area contributed by atoms with Gasteiger partial charge in [0.1, 0.15) is 11.9 Å². The van der Waals surface area contributed by atoms with E-state index in [1.165, 1.54) is 12.1 Å². The van der Waals surface area contributed by atoms with Crippen LogP contribution in [-0.2, 0) is 5.54 Å². The van der Waals surface area contributed by atoms with Gasteiger partial charge in [-0.3, -0.25) is 0 Å². The van der Waals surface area contributed by atoms with Crippen LogP contribution in [0.2, 0.25) is 0 Å². The molecule has 3 aromatic rings. The first-order valence-corrected chi connectivity index (χ1v) is 8.19. The molecule has 1 N–H and O–H groups in total. The highest BCUT2D eigenvalue weighted by Gasteiger charge is 2.27. The first kappa shape index (κ1) is 17.5. The minimum atomic E-state index is -0.359. The largest absolute Gasteiger partial charge is 0.371 e. The smallest absolute Gasteiger partial charge is 0.178 e. The summed E-state index contributed by atoms with van der Waals surface area (Å²) < 4.78 is 15.0. The predicted octanol–water partition coefficient (Wildman–Crippen LogP) is 3.64. The zero-order valence-electron chi connectivity index (χ0n) is 14.8. The lowest BCUT2D eigenvalue weighted by Gasteiger charge is -2.25. The highest BCUT2D eigenvalue weighted by Crippen LogP contribution is 2.28. The standard InChI is InChI=1S/C19H19FN6/c1-19(2,3)26-18(23-24-25-26)17(14-6-4-13(12-21)5-7-14)22-16-10-8-15(20)9-11-16/h4-11,17,22H,1-3H3/t17-/m1/s1.